The smallest absolute Gasteiger partial charge is 0.335 e. The Morgan fingerprint density at radius 1 is 1.00 bits per heavy atom. The summed E-state index contributed by atoms with van der Waals surface area (Å²) in [6.07, 6.45) is 1.45. The molecule has 0 saturated carbocycles. The molecule has 3 aromatic rings. The highest BCUT2D eigenvalue weighted by atomic mass is 127. The van der Waals surface area contributed by atoms with Gasteiger partial charge in [0, 0.05) is 5.02 Å². The first-order valence-corrected chi connectivity index (χ1v) is 13.0. The van der Waals surface area contributed by atoms with Gasteiger partial charge in [-0.15, -0.1) is 0 Å². The SMILES string of the molecule is CCOc1cc(/C=C2\C(=O)NC(=O)N(c3cc(C)ccc3C)C2=O)cc(I)c1OCc1ccc(Cl)cc1. The van der Waals surface area contributed by atoms with Crippen LogP contribution in [0.15, 0.2) is 60.2 Å². The van der Waals surface area contributed by atoms with Crippen LogP contribution in [0.2, 0.25) is 5.02 Å². The van der Waals surface area contributed by atoms with Gasteiger partial charge < -0.3 is 9.47 Å². The quantitative estimate of drug-likeness (QED) is 0.191. The van der Waals surface area contributed by atoms with Gasteiger partial charge >= 0.3 is 6.03 Å². The number of anilines is 1. The normalized spacial score (nSPS) is 14.7. The molecule has 0 atom stereocenters. The molecular formula is C28H24ClIN2O5. The molecule has 0 bridgehead atoms. The van der Waals surface area contributed by atoms with E-state index in [9.17, 15) is 14.4 Å². The lowest BCUT2D eigenvalue weighted by Gasteiger charge is -2.28. The molecule has 7 nitrogen and oxygen atoms in total. The van der Waals surface area contributed by atoms with Crippen LogP contribution < -0.4 is 19.7 Å². The third-order valence-corrected chi connectivity index (χ3v) is 6.70. The van der Waals surface area contributed by atoms with E-state index in [0.717, 1.165) is 25.2 Å². The highest BCUT2D eigenvalue weighted by Gasteiger charge is 2.37. The maximum atomic E-state index is 13.4. The number of imide groups is 2. The van der Waals surface area contributed by atoms with Gasteiger partial charge in [-0.1, -0.05) is 35.9 Å². The van der Waals surface area contributed by atoms with E-state index in [1.807, 2.05) is 38.1 Å². The molecule has 1 heterocycles. The van der Waals surface area contributed by atoms with Crippen molar-refractivity contribution >= 4 is 63.8 Å². The molecule has 4 rings (SSSR count). The van der Waals surface area contributed by atoms with E-state index < -0.39 is 17.8 Å². The van der Waals surface area contributed by atoms with Crippen molar-refractivity contribution in [1.82, 2.24) is 5.32 Å². The predicted molar refractivity (Wildman–Crippen MR) is 151 cm³/mol. The number of hydrogen-bond acceptors (Lipinski definition) is 5. The number of amides is 4. The van der Waals surface area contributed by atoms with E-state index in [-0.39, 0.29) is 5.57 Å². The van der Waals surface area contributed by atoms with Crippen LogP contribution >= 0.6 is 34.2 Å². The first kappa shape index (κ1) is 26.7. The topological polar surface area (TPSA) is 84.9 Å². The van der Waals surface area contributed by atoms with Gasteiger partial charge in [0.2, 0.25) is 0 Å². The standard InChI is InChI=1S/C28H24ClIN2O5/c1-4-36-24-14-19(13-22(30)25(24)37-15-18-7-9-20(29)10-8-18)12-21-26(33)31-28(35)32(27(21)34)23-11-16(2)5-6-17(23)3/h5-14H,4,15H2,1-3H3,(H,31,33,35)/b21-12+. The van der Waals surface area contributed by atoms with Crippen molar-refractivity contribution in [3.05, 3.63) is 91.0 Å². The number of nitrogens with zero attached hydrogens (tertiary/aromatic N) is 1. The fraction of sp³-hybridized carbons (Fsp3) is 0.179. The summed E-state index contributed by atoms with van der Waals surface area (Å²) in [5.41, 5.74) is 3.38. The summed E-state index contributed by atoms with van der Waals surface area (Å²) in [4.78, 5) is 39.7. The lowest BCUT2D eigenvalue weighted by atomic mass is 10.0. The molecule has 1 saturated heterocycles. The van der Waals surface area contributed by atoms with Crippen molar-refractivity contribution in [2.45, 2.75) is 27.4 Å². The summed E-state index contributed by atoms with van der Waals surface area (Å²) in [6, 6.07) is 15.5. The number of carbonyl (C=O) groups excluding carboxylic acids is 3. The monoisotopic (exact) mass is 630 g/mol. The minimum atomic E-state index is -0.781. The van der Waals surface area contributed by atoms with Gasteiger partial charge in [0.05, 0.1) is 15.9 Å². The summed E-state index contributed by atoms with van der Waals surface area (Å²) >= 11 is 8.09. The molecule has 1 N–H and O–H groups in total. The molecule has 0 spiro atoms. The van der Waals surface area contributed by atoms with Crippen molar-refractivity contribution in [1.29, 1.82) is 0 Å². The highest BCUT2D eigenvalue weighted by molar-refractivity contribution is 14.1. The van der Waals surface area contributed by atoms with Gasteiger partial charge in [-0.2, -0.15) is 0 Å². The number of nitrogens with one attached hydrogen (secondary N) is 1. The van der Waals surface area contributed by atoms with Crippen LogP contribution in [-0.2, 0) is 16.2 Å². The largest absolute Gasteiger partial charge is 0.490 e. The molecule has 37 heavy (non-hydrogen) atoms. The molecule has 3 aromatic carbocycles. The van der Waals surface area contributed by atoms with Crippen molar-refractivity contribution in [2.75, 3.05) is 11.5 Å². The van der Waals surface area contributed by atoms with Crippen molar-refractivity contribution in [3.63, 3.8) is 0 Å². The van der Waals surface area contributed by atoms with Gasteiger partial charge in [-0.25, -0.2) is 9.69 Å². The molecule has 0 aromatic heterocycles. The van der Waals surface area contributed by atoms with Crippen LogP contribution in [0.3, 0.4) is 0 Å². The van der Waals surface area contributed by atoms with E-state index in [1.54, 1.807) is 37.3 Å². The van der Waals surface area contributed by atoms with Crippen LogP contribution in [-0.4, -0.2) is 24.5 Å². The predicted octanol–water partition coefficient (Wildman–Crippen LogP) is 6.21. The summed E-state index contributed by atoms with van der Waals surface area (Å²) in [7, 11) is 0. The molecule has 1 aliphatic heterocycles. The van der Waals surface area contributed by atoms with Crippen LogP contribution in [0.1, 0.15) is 29.2 Å². The van der Waals surface area contributed by atoms with Gasteiger partial charge in [-0.05, 0) is 102 Å². The Hall–Kier alpha value is -3.37. The van der Waals surface area contributed by atoms with Crippen LogP contribution in [0.5, 0.6) is 11.5 Å². The van der Waals surface area contributed by atoms with Crippen LogP contribution in [0, 0.1) is 17.4 Å². The first-order chi connectivity index (χ1) is 17.7. The Morgan fingerprint density at radius 2 is 1.73 bits per heavy atom. The summed E-state index contributed by atoms with van der Waals surface area (Å²) in [5, 5.41) is 2.92. The number of halogens is 2. The number of rotatable bonds is 7. The molecule has 1 aliphatic rings. The lowest BCUT2D eigenvalue weighted by Crippen LogP contribution is -2.54. The molecule has 9 heteroatoms. The van der Waals surface area contributed by atoms with E-state index >= 15 is 0 Å². The number of aryl methyl sites for hydroxylation is 2. The number of carbonyl (C=O) groups is 3. The van der Waals surface area contributed by atoms with Crippen LogP contribution in [0.25, 0.3) is 6.08 Å². The molecule has 4 amide bonds. The number of urea groups is 1. The zero-order valence-corrected chi connectivity index (χ0v) is 23.3. The second kappa shape index (κ2) is 11.4. The molecule has 190 valence electrons. The van der Waals surface area contributed by atoms with Crippen molar-refractivity contribution < 1.29 is 23.9 Å². The molecule has 0 aliphatic carbocycles. The fourth-order valence-electron chi connectivity index (χ4n) is 3.81. The van der Waals surface area contributed by atoms with Crippen molar-refractivity contribution in [2.24, 2.45) is 0 Å². The Bertz CT molecular complexity index is 1420. The number of hydrogen-bond donors (Lipinski definition) is 1. The number of ether oxygens (including phenoxy) is 2. The van der Waals surface area contributed by atoms with Gasteiger partial charge in [-0.3, -0.25) is 14.9 Å². The third-order valence-electron chi connectivity index (χ3n) is 5.65. The maximum absolute atomic E-state index is 13.4. The van der Waals surface area contributed by atoms with E-state index in [4.69, 9.17) is 21.1 Å². The second-order valence-electron chi connectivity index (χ2n) is 8.43. The van der Waals surface area contributed by atoms with Gasteiger partial charge in [0.1, 0.15) is 12.2 Å². The van der Waals surface area contributed by atoms with E-state index in [1.165, 1.54) is 6.08 Å². The minimum absolute atomic E-state index is 0.159. The van der Waals surface area contributed by atoms with E-state index in [2.05, 4.69) is 27.9 Å². The summed E-state index contributed by atoms with van der Waals surface area (Å²) in [6.45, 7) is 6.22. The zero-order chi connectivity index (χ0) is 26.7. The third kappa shape index (κ3) is 5.97. The molecule has 1 fully saturated rings. The van der Waals surface area contributed by atoms with Crippen molar-refractivity contribution in [3.8, 4) is 11.5 Å². The zero-order valence-electron chi connectivity index (χ0n) is 20.4. The highest BCUT2D eigenvalue weighted by Crippen LogP contribution is 2.36. The summed E-state index contributed by atoms with van der Waals surface area (Å²) in [5.74, 6) is -0.432. The average molecular weight is 631 g/mol. The maximum Gasteiger partial charge on any atom is 0.335 e. The lowest BCUT2D eigenvalue weighted by molar-refractivity contribution is -0.122. The molecule has 0 unspecified atom stereocenters. The van der Waals surface area contributed by atoms with Gasteiger partial charge in [0.25, 0.3) is 11.8 Å². The molecular weight excluding hydrogens is 607 g/mol. The van der Waals surface area contributed by atoms with Crippen LogP contribution in [0.4, 0.5) is 10.5 Å². The first-order valence-electron chi connectivity index (χ1n) is 11.5. The Labute approximate surface area is 233 Å². The summed E-state index contributed by atoms with van der Waals surface area (Å²) < 4.78 is 12.6. The average Bonchev–Trinajstić information content (AvgIpc) is 2.84. The second-order valence-corrected chi connectivity index (χ2v) is 10.0. The van der Waals surface area contributed by atoms with E-state index in [0.29, 0.717) is 41.0 Å². The molecule has 0 radical (unpaired) electrons. The van der Waals surface area contributed by atoms with Gasteiger partial charge in [0.15, 0.2) is 11.5 Å². The number of benzene rings is 3. The Morgan fingerprint density at radius 3 is 2.43 bits per heavy atom. The number of barbiturate groups is 1. The Balaban J connectivity index is 1.67. The Kier molecular flexibility index (Phi) is 8.19. The fourth-order valence-corrected chi connectivity index (χ4v) is 4.72. The minimum Gasteiger partial charge on any atom is -0.490 e.